The predicted octanol–water partition coefficient (Wildman–Crippen LogP) is 1.58. The molecule has 0 saturated carbocycles. The van der Waals surface area contributed by atoms with Gasteiger partial charge in [-0.2, -0.15) is 0 Å². The van der Waals surface area contributed by atoms with E-state index in [9.17, 15) is 4.79 Å². The van der Waals surface area contributed by atoms with E-state index >= 15 is 0 Å². The van der Waals surface area contributed by atoms with Gasteiger partial charge in [-0.25, -0.2) is 0 Å². The van der Waals surface area contributed by atoms with E-state index in [1.165, 1.54) is 11.8 Å². The highest BCUT2D eigenvalue weighted by molar-refractivity contribution is 5.91. The Balaban J connectivity index is 1.44. The topological polar surface area (TPSA) is 71.7 Å². The van der Waals surface area contributed by atoms with Gasteiger partial charge in [0.05, 0.1) is 18.9 Å². The summed E-state index contributed by atoms with van der Waals surface area (Å²) >= 11 is 0. The molecule has 1 amide bonds. The smallest absolute Gasteiger partial charge is 0.292 e. The number of likely N-dealkylation sites (tertiary alicyclic amines) is 1. The molecule has 2 aromatic heterocycles. The molecule has 0 N–H and O–H groups in total. The van der Waals surface area contributed by atoms with Crippen molar-refractivity contribution in [1.82, 2.24) is 19.9 Å². The first-order valence-electron chi connectivity index (χ1n) is 8.76. The molecule has 25 heavy (non-hydrogen) atoms. The number of carbonyl (C=O) groups excluding carboxylic acids is 1. The van der Waals surface area contributed by atoms with E-state index in [-0.39, 0.29) is 12.0 Å². The van der Waals surface area contributed by atoms with E-state index < -0.39 is 0 Å². The minimum Gasteiger partial charge on any atom is -0.375 e. The summed E-state index contributed by atoms with van der Waals surface area (Å²) in [6, 6.07) is 6.06. The summed E-state index contributed by atoms with van der Waals surface area (Å²) in [6.45, 7) is 3.94. The highest BCUT2D eigenvalue weighted by Gasteiger charge is 2.36. The van der Waals surface area contributed by atoms with Gasteiger partial charge in [-0.15, -0.1) is 0 Å². The van der Waals surface area contributed by atoms with Crippen molar-refractivity contribution in [3.05, 3.63) is 48.1 Å². The molecule has 0 bridgehead atoms. The van der Waals surface area contributed by atoms with Crippen LogP contribution in [0.2, 0.25) is 0 Å². The van der Waals surface area contributed by atoms with Gasteiger partial charge in [0.2, 0.25) is 5.76 Å². The van der Waals surface area contributed by atoms with Crippen LogP contribution in [0.1, 0.15) is 29.0 Å². The molecule has 2 aliphatic heterocycles. The highest BCUT2D eigenvalue weighted by Crippen LogP contribution is 2.26. The monoisotopic (exact) mass is 342 g/mol. The Labute approximate surface area is 146 Å². The normalized spacial score (nSPS) is 24.6. The Morgan fingerprint density at radius 1 is 1.12 bits per heavy atom. The van der Waals surface area contributed by atoms with E-state index in [2.05, 4.69) is 27.2 Å². The lowest BCUT2D eigenvalue weighted by molar-refractivity contribution is -0.0746. The summed E-state index contributed by atoms with van der Waals surface area (Å²) in [5, 5.41) is 3.63. The van der Waals surface area contributed by atoms with Crippen LogP contribution < -0.4 is 0 Å². The molecule has 2 aliphatic rings. The van der Waals surface area contributed by atoms with Crippen LogP contribution in [0, 0.1) is 0 Å². The lowest BCUT2D eigenvalue weighted by atomic mass is 10.0. The van der Waals surface area contributed by atoms with Gasteiger partial charge in [-0.05, 0) is 30.5 Å². The second kappa shape index (κ2) is 7.33. The Morgan fingerprint density at radius 3 is 2.76 bits per heavy atom. The predicted molar refractivity (Wildman–Crippen MR) is 89.8 cm³/mol. The van der Waals surface area contributed by atoms with Crippen molar-refractivity contribution in [2.24, 2.45) is 0 Å². The van der Waals surface area contributed by atoms with E-state index in [1.54, 1.807) is 6.07 Å². The van der Waals surface area contributed by atoms with E-state index in [4.69, 9.17) is 9.26 Å². The lowest BCUT2D eigenvalue weighted by Crippen LogP contribution is -2.50. The molecule has 0 aliphatic carbocycles. The molecule has 0 spiro atoms. The van der Waals surface area contributed by atoms with Crippen molar-refractivity contribution in [1.29, 1.82) is 0 Å². The number of ether oxygens (including phenoxy) is 1. The Kier molecular flexibility index (Phi) is 4.76. The van der Waals surface area contributed by atoms with Gasteiger partial charge in [0, 0.05) is 50.7 Å². The molecule has 0 unspecified atom stereocenters. The van der Waals surface area contributed by atoms with Gasteiger partial charge in [-0.1, -0.05) is 5.16 Å². The molecular weight excluding hydrogens is 320 g/mol. The van der Waals surface area contributed by atoms with Gasteiger partial charge in [0.15, 0.2) is 0 Å². The second-order valence-corrected chi connectivity index (χ2v) is 6.55. The van der Waals surface area contributed by atoms with Crippen molar-refractivity contribution in [3.8, 4) is 0 Å². The summed E-state index contributed by atoms with van der Waals surface area (Å²) in [5.41, 5.74) is 1.26. The molecule has 7 heteroatoms. The average molecular weight is 342 g/mol. The molecule has 0 radical (unpaired) electrons. The lowest BCUT2D eigenvalue weighted by Gasteiger charge is -2.40. The molecule has 2 atom stereocenters. The number of fused-ring (bicyclic) bond motifs is 1. The maximum Gasteiger partial charge on any atom is 0.292 e. The number of morpholine rings is 1. The molecule has 4 heterocycles. The molecule has 2 aromatic rings. The third-order valence-corrected chi connectivity index (χ3v) is 5.06. The van der Waals surface area contributed by atoms with Crippen LogP contribution >= 0.6 is 0 Å². The molecule has 2 saturated heterocycles. The van der Waals surface area contributed by atoms with Crippen LogP contribution in [0.25, 0.3) is 0 Å². The van der Waals surface area contributed by atoms with Crippen molar-refractivity contribution in [3.63, 3.8) is 0 Å². The zero-order valence-corrected chi connectivity index (χ0v) is 14.1. The number of hydrogen-bond donors (Lipinski definition) is 0. The Bertz CT molecular complexity index is 692. The van der Waals surface area contributed by atoms with Crippen molar-refractivity contribution in [2.75, 3.05) is 26.2 Å². The quantitative estimate of drug-likeness (QED) is 0.843. The van der Waals surface area contributed by atoms with Crippen LogP contribution in [0.4, 0.5) is 0 Å². The third-order valence-electron chi connectivity index (χ3n) is 5.06. The first-order chi connectivity index (χ1) is 12.3. The first-order valence-corrected chi connectivity index (χ1v) is 8.76. The number of aromatic nitrogens is 2. The van der Waals surface area contributed by atoms with Gasteiger partial charge < -0.3 is 14.2 Å². The van der Waals surface area contributed by atoms with Crippen LogP contribution in [-0.2, 0) is 11.3 Å². The van der Waals surface area contributed by atoms with Crippen LogP contribution in [0.3, 0.4) is 0 Å². The fourth-order valence-corrected chi connectivity index (χ4v) is 3.76. The number of nitrogens with zero attached hydrogens (tertiary/aromatic N) is 4. The summed E-state index contributed by atoms with van der Waals surface area (Å²) in [4.78, 5) is 20.9. The zero-order valence-electron chi connectivity index (χ0n) is 14.1. The fourth-order valence-electron chi connectivity index (χ4n) is 3.76. The largest absolute Gasteiger partial charge is 0.375 e. The number of amides is 1. The number of pyridine rings is 1. The SMILES string of the molecule is O=C(c1ccno1)N1CC[C@@H]2OCCN(Cc3ccncc3)[C@H]2CC1. The minimum absolute atomic E-state index is 0.0863. The van der Waals surface area contributed by atoms with E-state index in [0.29, 0.717) is 24.9 Å². The number of carbonyl (C=O) groups is 1. The minimum atomic E-state index is -0.0863. The molecule has 4 rings (SSSR count). The van der Waals surface area contributed by atoms with Crippen molar-refractivity contribution >= 4 is 5.91 Å². The molecule has 0 aromatic carbocycles. The first kappa shape index (κ1) is 16.2. The fraction of sp³-hybridized carbons (Fsp3) is 0.500. The highest BCUT2D eigenvalue weighted by atomic mass is 16.5. The van der Waals surface area contributed by atoms with E-state index in [1.807, 2.05) is 17.3 Å². The van der Waals surface area contributed by atoms with Gasteiger partial charge >= 0.3 is 0 Å². The summed E-state index contributed by atoms with van der Waals surface area (Å²) in [5.74, 6) is 0.219. The van der Waals surface area contributed by atoms with Crippen molar-refractivity contribution in [2.45, 2.75) is 31.5 Å². The molecular formula is C18H22N4O3. The molecule has 2 fully saturated rings. The Morgan fingerprint density at radius 2 is 1.96 bits per heavy atom. The maximum absolute atomic E-state index is 12.5. The molecule has 7 nitrogen and oxygen atoms in total. The third kappa shape index (κ3) is 3.57. The summed E-state index contributed by atoms with van der Waals surface area (Å²) in [6.07, 6.45) is 7.08. The van der Waals surface area contributed by atoms with Crippen LogP contribution in [0.5, 0.6) is 0 Å². The van der Waals surface area contributed by atoms with Crippen molar-refractivity contribution < 1.29 is 14.1 Å². The van der Waals surface area contributed by atoms with Gasteiger partial charge in [0.25, 0.3) is 5.91 Å². The number of rotatable bonds is 3. The standard InChI is InChI=1S/C18H22N4O3/c23-18(17-3-8-20-25-17)21-9-4-15-16(5-10-21)24-12-11-22(15)13-14-1-6-19-7-2-14/h1-3,6-8,15-16H,4-5,9-13H2/t15-,16-/m0/s1. The zero-order chi connectivity index (χ0) is 17.1. The number of hydrogen-bond acceptors (Lipinski definition) is 6. The molecule has 132 valence electrons. The van der Waals surface area contributed by atoms with Crippen LogP contribution in [-0.4, -0.2) is 64.2 Å². The maximum atomic E-state index is 12.5. The Hall–Kier alpha value is -2.25. The van der Waals surface area contributed by atoms with Gasteiger partial charge in [-0.3, -0.25) is 14.7 Å². The van der Waals surface area contributed by atoms with E-state index in [0.717, 1.165) is 32.5 Å². The second-order valence-electron chi connectivity index (χ2n) is 6.55. The summed E-state index contributed by atoms with van der Waals surface area (Å²) in [7, 11) is 0. The summed E-state index contributed by atoms with van der Waals surface area (Å²) < 4.78 is 11.0. The van der Waals surface area contributed by atoms with Crippen LogP contribution in [0.15, 0.2) is 41.3 Å². The van der Waals surface area contributed by atoms with Gasteiger partial charge in [0.1, 0.15) is 0 Å². The average Bonchev–Trinajstić information content (AvgIpc) is 3.09.